The first kappa shape index (κ1) is 13.7. The van der Waals surface area contributed by atoms with Crippen molar-refractivity contribution in [2.24, 2.45) is 11.7 Å². The van der Waals surface area contributed by atoms with E-state index in [9.17, 15) is 14.0 Å². The Morgan fingerprint density at radius 2 is 2.29 bits per heavy atom. The van der Waals surface area contributed by atoms with E-state index in [1.807, 2.05) is 0 Å². The normalized spacial score (nSPS) is 21.8. The van der Waals surface area contributed by atoms with Crippen molar-refractivity contribution in [3.63, 3.8) is 0 Å². The van der Waals surface area contributed by atoms with E-state index in [4.69, 9.17) is 5.73 Å². The van der Waals surface area contributed by atoms with Crippen LogP contribution in [-0.2, 0) is 0 Å². The quantitative estimate of drug-likeness (QED) is 0.904. The fourth-order valence-corrected chi connectivity index (χ4v) is 3.12. The zero-order valence-corrected chi connectivity index (χ0v) is 11.4. The van der Waals surface area contributed by atoms with E-state index >= 15 is 0 Å². The smallest absolute Gasteiger partial charge is 0.268 e. The van der Waals surface area contributed by atoms with E-state index in [0.717, 1.165) is 25.0 Å². The molecule has 21 heavy (non-hydrogen) atoms. The summed E-state index contributed by atoms with van der Waals surface area (Å²) in [5, 5.41) is 0.216. The molecule has 1 aliphatic carbocycles. The summed E-state index contributed by atoms with van der Waals surface area (Å²) in [7, 11) is 0. The lowest BCUT2D eigenvalue weighted by Gasteiger charge is -2.12. The number of rotatable bonds is 3. The zero-order valence-electron chi connectivity index (χ0n) is 11.4. The molecule has 3 rings (SSSR count). The van der Waals surface area contributed by atoms with Gasteiger partial charge in [-0.3, -0.25) is 19.0 Å². The summed E-state index contributed by atoms with van der Waals surface area (Å²) in [4.78, 5) is 30.7. The fourth-order valence-electron chi connectivity index (χ4n) is 3.12. The van der Waals surface area contributed by atoms with Crippen LogP contribution in [0.5, 0.6) is 0 Å². The molecular weight excluding hydrogens is 273 g/mol. The Hall–Kier alpha value is -2.24. The summed E-state index contributed by atoms with van der Waals surface area (Å²) in [5.41, 5.74) is 6.30. The van der Waals surface area contributed by atoms with Gasteiger partial charge in [0, 0.05) is 18.0 Å². The van der Waals surface area contributed by atoms with Gasteiger partial charge in [0.25, 0.3) is 5.91 Å². The second-order valence-electron chi connectivity index (χ2n) is 5.57. The van der Waals surface area contributed by atoms with Gasteiger partial charge in [-0.2, -0.15) is 0 Å². The lowest BCUT2D eigenvalue weighted by Crippen LogP contribution is -2.18. The molecule has 2 heterocycles. The molecule has 0 bridgehead atoms. The van der Waals surface area contributed by atoms with E-state index in [2.05, 4.69) is 9.97 Å². The Labute approximate surface area is 120 Å². The van der Waals surface area contributed by atoms with Crippen LogP contribution in [0.25, 0.3) is 10.9 Å². The standard InChI is InChI=1S/C15H16FN3O2/c16-7-8-1-2-9(5-8)11-6-12(20)13-10(19-11)3-4-18-14(13)15(17)21/h3-4,6,8-9H,1-2,5,7H2,(H2,17,21)(H,19,20). The van der Waals surface area contributed by atoms with Crippen LogP contribution >= 0.6 is 0 Å². The molecule has 0 aliphatic heterocycles. The average Bonchev–Trinajstić information content (AvgIpc) is 2.95. The van der Waals surface area contributed by atoms with Crippen molar-refractivity contribution in [2.45, 2.75) is 25.2 Å². The minimum Gasteiger partial charge on any atom is -0.364 e. The van der Waals surface area contributed by atoms with Crippen LogP contribution in [-0.4, -0.2) is 22.5 Å². The third kappa shape index (κ3) is 2.41. The van der Waals surface area contributed by atoms with Crippen molar-refractivity contribution < 1.29 is 9.18 Å². The van der Waals surface area contributed by atoms with Crippen molar-refractivity contribution >= 4 is 16.8 Å². The third-order valence-electron chi connectivity index (χ3n) is 4.20. The number of hydrogen-bond donors (Lipinski definition) is 2. The SMILES string of the molecule is NC(=O)c1nccc2[nH]c(C3CCC(CF)C3)cc(=O)c12. The number of aromatic nitrogens is 2. The van der Waals surface area contributed by atoms with Crippen LogP contribution in [0.4, 0.5) is 4.39 Å². The maximum Gasteiger partial charge on any atom is 0.268 e. The van der Waals surface area contributed by atoms with Gasteiger partial charge in [0.2, 0.25) is 0 Å². The highest BCUT2D eigenvalue weighted by molar-refractivity contribution is 6.03. The van der Waals surface area contributed by atoms with Crippen molar-refractivity contribution in [3.05, 3.63) is 39.9 Å². The van der Waals surface area contributed by atoms with E-state index in [-0.39, 0.29) is 35.0 Å². The van der Waals surface area contributed by atoms with Gasteiger partial charge in [0.05, 0.1) is 17.6 Å². The molecule has 3 N–H and O–H groups in total. The van der Waals surface area contributed by atoms with Crippen LogP contribution < -0.4 is 11.2 Å². The van der Waals surface area contributed by atoms with Crippen molar-refractivity contribution in [1.29, 1.82) is 0 Å². The molecule has 110 valence electrons. The lowest BCUT2D eigenvalue weighted by molar-refractivity contribution is 0.0997. The minimum absolute atomic E-state index is 0.0200. The topological polar surface area (TPSA) is 88.8 Å². The lowest BCUT2D eigenvalue weighted by atomic mass is 10.00. The number of nitrogens with two attached hydrogens (primary N) is 1. The third-order valence-corrected chi connectivity index (χ3v) is 4.20. The number of nitrogens with zero attached hydrogens (tertiary/aromatic N) is 1. The van der Waals surface area contributed by atoms with E-state index < -0.39 is 5.91 Å². The van der Waals surface area contributed by atoms with E-state index in [0.29, 0.717) is 5.52 Å². The van der Waals surface area contributed by atoms with Crippen LogP contribution in [0.3, 0.4) is 0 Å². The summed E-state index contributed by atoms with van der Waals surface area (Å²) in [6.07, 6.45) is 3.89. The van der Waals surface area contributed by atoms with Crippen LogP contribution in [0, 0.1) is 5.92 Å². The van der Waals surface area contributed by atoms with Gasteiger partial charge < -0.3 is 10.7 Å². The Morgan fingerprint density at radius 1 is 1.48 bits per heavy atom. The molecule has 0 aromatic carbocycles. The number of halogens is 1. The van der Waals surface area contributed by atoms with E-state index in [1.54, 1.807) is 6.07 Å². The van der Waals surface area contributed by atoms with Gasteiger partial charge in [-0.05, 0) is 37.2 Å². The number of carbonyl (C=O) groups excluding carboxylic acids is 1. The maximum absolute atomic E-state index is 12.7. The molecule has 0 saturated heterocycles. The Bertz CT molecular complexity index is 756. The van der Waals surface area contributed by atoms with Crippen molar-refractivity contribution in [3.8, 4) is 0 Å². The van der Waals surface area contributed by atoms with Crippen LogP contribution in [0.2, 0.25) is 0 Å². The highest BCUT2D eigenvalue weighted by Gasteiger charge is 2.27. The average molecular weight is 289 g/mol. The van der Waals surface area contributed by atoms with E-state index in [1.165, 1.54) is 12.3 Å². The molecule has 2 unspecified atom stereocenters. The molecule has 1 saturated carbocycles. The number of hydrogen-bond acceptors (Lipinski definition) is 3. The number of primary amides is 1. The summed E-state index contributed by atoms with van der Waals surface area (Å²) in [6.45, 7) is -0.315. The monoisotopic (exact) mass is 289 g/mol. The first-order valence-electron chi connectivity index (χ1n) is 6.98. The highest BCUT2D eigenvalue weighted by atomic mass is 19.1. The predicted molar refractivity (Wildman–Crippen MR) is 76.9 cm³/mol. The number of fused-ring (bicyclic) bond motifs is 1. The second kappa shape index (κ2) is 5.27. The second-order valence-corrected chi connectivity index (χ2v) is 5.57. The molecule has 6 heteroatoms. The number of carbonyl (C=O) groups is 1. The van der Waals surface area contributed by atoms with Gasteiger partial charge in [0.1, 0.15) is 5.69 Å². The number of amides is 1. The van der Waals surface area contributed by atoms with Gasteiger partial charge in [-0.1, -0.05) is 0 Å². The Morgan fingerprint density at radius 3 is 2.95 bits per heavy atom. The van der Waals surface area contributed by atoms with Gasteiger partial charge in [-0.15, -0.1) is 0 Å². The molecule has 2 aromatic rings. The number of nitrogens with one attached hydrogen (secondary N) is 1. The van der Waals surface area contributed by atoms with Crippen molar-refractivity contribution in [1.82, 2.24) is 9.97 Å². The minimum atomic E-state index is -0.725. The largest absolute Gasteiger partial charge is 0.364 e. The first-order valence-corrected chi connectivity index (χ1v) is 6.98. The maximum atomic E-state index is 12.7. The van der Waals surface area contributed by atoms with Gasteiger partial charge >= 0.3 is 0 Å². The highest BCUT2D eigenvalue weighted by Crippen LogP contribution is 2.37. The molecular formula is C15H16FN3O2. The molecule has 0 radical (unpaired) electrons. The molecule has 1 fully saturated rings. The molecule has 1 amide bonds. The molecule has 1 aliphatic rings. The molecule has 2 atom stereocenters. The number of pyridine rings is 2. The number of aromatic amines is 1. The molecule has 2 aromatic heterocycles. The summed E-state index contributed by atoms with van der Waals surface area (Å²) in [5.74, 6) is -0.488. The first-order chi connectivity index (χ1) is 10.1. The zero-order chi connectivity index (χ0) is 15.0. The van der Waals surface area contributed by atoms with Crippen molar-refractivity contribution in [2.75, 3.05) is 6.67 Å². The molecule has 5 nitrogen and oxygen atoms in total. The summed E-state index contributed by atoms with van der Waals surface area (Å²) in [6, 6.07) is 3.13. The predicted octanol–water partition coefficient (Wildman–Crippen LogP) is 1.88. The molecule has 0 spiro atoms. The van der Waals surface area contributed by atoms with Crippen LogP contribution in [0.15, 0.2) is 23.1 Å². The summed E-state index contributed by atoms with van der Waals surface area (Å²) >= 11 is 0. The fraction of sp³-hybridized carbons (Fsp3) is 0.400. The van der Waals surface area contributed by atoms with Gasteiger partial charge in [-0.25, -0.2) is 0 Å². The van der Waals surface area contributed by atoms with Crippen LogP contribution in [0.1, 0.15) is 41.4 Å². The number of alkyl halides is 1. The summed E-state index contributed by atoms with van der Waals surface area (Å²) < 4.78 is 12.7. The van der Waals surface area contributed by atoms with Gasteiger partial charge in [0.15, 0.2) is 5.43 Å². The Kier molecular flexibility index (Phi) is 3.45. The Balaban J connectivity index is 2.09. The number of H-pyrrole nitrogens is 1.